The minimum absolute atomic E-state index is 0.335. The van der Waals surface area contributed by atoms with E-state index in [9.17, 15) is 0 Å². The van der Waals surface area contributed by atoms with E-state index in [4.69, 9.17) is 0 Å². The smallest absolute Gasteiger partial charge is 0.0204 e. The monoisotopic (exact) mass is 221 g/mol. The summed E-state index contributed by atoms with van der Waals surface area (Å²) in [7, 11) is 0. The maximum absolute atomic E-state index is 2.62. The Morgan fingerprint density at radius 3 is 1.62 bits per heavy atom. The molecule has 0 unspecified atom stereocenters. The summed E-state index contributed by atoms with van der Waals surface area (Å²) in [6, 6.07) is 0. The molecule has 0 bridgehead atoms. The highest BCUT2D eigenvalue weighted by Gasteiger charge is 2.38. The van der Waals surface area contributed by atoms with Gasteiger partial charge in [-0.25, -0.2) is 0 Å². The minimum Gasteiger partial charge on any atom is -0.291 e. The molecule has 16 heavy (non-hydrogen) atoms. The summed E-state index contributed by atoms with van der Waals surface area (Å²) in [5.74, 6) is 0.889. The Morgan fingerprint density at radius 1 is 0.875 bits per heavy atom. The van der Waals surface area contributed by atoms with E-state index in [0.717, 1.165) is 5.92 Å². The molecular formula is C15H27N. The SMILES string of the molecule is CC(C)(C)C1CC2=C(C1)CN(C(C)(C)C)C2. The Kier molecular flexibility index (Phi) is 2.73. The molecule has 0 fully saturated rings. The van der Waals surface area contributed by atoms with E-state index >= 15 is 0 Å². The lowest BCUT2D eigenvalue weighted by atomic mass is 9.78. The van der Waals surface area contributed by atoms with E-state index in [0.29, 0.717) is 11.0 Å². The largest absolute Gasteiger partial charge is 0.291 e. The first-order valence-corrected chi connectivity index (χ1v) is 6.63. The first-order valence-electron chi connectivity index (χ1n) is 6.63. The summed E-state index contributed by atoms with van der Waals surface area (Å²) >= 11 is 0. The molecule has 2 aliphatic rings. The molecular weight excluding hydrogens is 194 g/mol. The van der Waals surface area contributed by atoms with Gasteiger partial charge < -0.3 is 0 Å². The fourth-order valence-corrected chi connectivity index (χ4v) is 2.91. The fourth-order valence-electron chi connectivity index (χ4n) is 2.91. The highest BCUT2D eigenvalue weighted by molar-refractivity contribution is 5.30. The number of hydrogen-bond acceptors (Lipinski definition) is 1. The van der Waals surface area contributed by atoms with Crippen LogP contribution in [0.5, 0.6) is 0 Å². The van der Waals surface area contributed by atoms with Crippen LogP contribution in [-0.4, -0.2) is 23.5 Å². The van der Waals surface area contributed by atoms with Crippen molar-refractivity contribution in [1.29, 1.82) is 0 Å². The second-order valence-electron chi connectivity index (χ2n) is 7.71. The molecule has 92 valence electrons. The molecule has 0 aromatic heterocycles. The van der Waals surface area contributed by atoms with Crippen molar-refractivity contribution in [2.75, 3.05) is 13.1 Å². The van der Waals surface area contributed by atoms with Crippen LogP contribution in [0.2, 0.25) is 0 Å². The van der Waals surface area contributed by atoms with Crippen molar-refractivity contribution in [3.8, 4) is 0 Å². The highest BCUT2D eigenvalue weighted by atomic mass is 15.2. The average Bonchev–Trinajstić information content (AvgIpc) is 2.53. The molecule has 2 rings (SSSR count). The Morgan fingerprint density at radius 2 is 1.31 bits per heavy atom. The first kappa shape index (κ1) is 12.2. The Bertz CT molecular complexity index is 263. The molecule has 0 radical (unpaired) electrons. The lowest BCUT2D eigenvalue weighted by molar-refractivity contribution is 0.164. The zero-order valence-corrected chi connectivity index (χ0v) is 11.9. The van der Waals surface area contributed by atoms with Crippen LogP contribution in [0.4, 0.5) is 0 Å². The molecule has 0 saturated carbocycles. The molecule has 0 amide bonds. The number of likely N-dealkylation sites (tertiary alicyclic amines) is 1. The molecule has 0 aromatic carbocycles. The normalized spacial score (nSPS) is 24.4. The van der Waals surface area contributed by atoms with Crippen molar-refractivity contribution < 1.29 is 0 Å². The van der Waals surface area contributed by atoms with Crippen LogP contribution < -0.4 is 0 Å². The van der Waals surface area contributed by atoms with Crippen molar-refractivity contribution in [2.24, 2.45) is 11.3 Å². The van der Waals surface area contributed by atoms with Gasteiger partial charge in [-0.2, -0.15) is 0 Å². The zero-order valence-electron chi connectivity index (χ0n) is 11.9. The van der Waals surface area contributed by atoms with Gasteiger partial charge in [0.2, 0.25) is 0 Å². The van der Waals surface area contributed by atoms with Crippen molar-refractivity contribution in [3.05, 3.63) is 11.1 Å². The van der Waals surface area contributed by atoms with E-state index in [1.807, 2.05) is 0 Å². The molecule has 1 aliphatic heterocycles. The number of rotatable bonds is 0. The van der Waals surface area contributed by atoms with Crippen molar-refractivity contribution in [2.45, 2.75) is 59.9 Å². The van der Waals surface area contributed by atoms with Gasteiger partial charge in [-0.05, 0) is 44.9 Å². The average molecular weight is 221 g/mol. The van der Waals surface area contributed by atoms with E-state index in [1.165, 1.54) is 25.9 Å². The molecule has 0 atom stereocenters. The van der Waals surface area contributed by atoms with Gasteiger partial charge in [-0.3, -0.25) is 4.90 Å². The number of hydrogen-bond donors (Lipinski definition) is 0. The van der Waals surface area contributed by atoms with Crippen LogP contribution in [0.3, 0.4) is 0 Å². The second kappa shape index (κ2) is 3.60. The summed E-state index contributed by atoms with van der Waals surface area (Å²) in [6.07, 6.45) is 2.71. The molecule has 1 heterocycles. The van der Waals surface area contributed by atoms with Gasteiger partial charge in [0.25, 0.3) is 0 Å². The van der Waals surface area contributed by atoms with Gasteiger partial charge in [0.05, 0.1) is 0 Å². The quantitative estimate of drug-likeness (QED) is 0.562. The minimum atomic E-state index is 0.335. The van der Waals surface area contributed by atoms with Gasteiger partial charge in [0, 0.05) is 18.6 Å². The number of nitrogens with zero attached hydrogens (tertiary/aromatic N) is 1. The van der Waals surface area contributed by atoms with Crippen molar-refractivity contribution >= 4 is 0 Å². The predicted octanol–water partition coefficient (Wildman–Crippen LogP) is 3.85. The van der Waals surface area contributed by atoms with E-state index < -0.39 is 0 Å². The third-order valence-corrected chi connectivity index (χ3v) is 4.42. The molecule has 0 aromatic rings. The summed E-state index contributed by atoms with van der Waals surface area (Å²) in [5.41, 5.74) is 4.34. The third-order valence-electron chi connectivity index (χ3n) is 4.42. The highest BCUT2D eigenvalue weighted by Crippen LogP contribution is 2.45. The van der Waals surface area contributed by atoms with Crippen molar-refractivity contribution in [3.63, 3.8) is 0 Å². The standard InChI is InChI=1S/C15H27N/c1-14(2,3)13-7-11-9-16(15(4,5)6)10-12(11)8-13/h13H,7-10H2,1-6H3. The summed E-state index contributed by atoms with van der Waals surface area (Å²) in [5, 5.41) is 0. The van der Waals surface area contributed by atoms with E-state index in [2.05, 4.69) is 46.4 Å². The Labute approximate surface area is 101 Å². The van der Waals surface area contributed by atoms with Crippen LogP contribution in [0.1, 0.15) is 54.4 Å². The lowest BCUT2D eigenvalue weighted by Crippen LogP contribution is -2.40. The van der Waals surface area contributed by atoms with Crippen LogP contribution >= 0.6 is 0 Å². The molecule has 0 spiro atoms. The summed E-state index contributed by atoms with van der Waals surface area (Å²) in [4.78, 5) is 2.62. The van der Waals surface area contributed by atoms with E-state index in [-0.39, 0.29) is 0 Å². The van der Waals surface area contributed by atoms with Crippen LogP contribution in [0, 0.1) is 11.3 Å². The maximum atomic E-state index is 2.62. The van der Waals surface area contributed by atoms with Gasteiger partial charge in [0.1, 0.15) is 0 Å². The predicted molar refractivity (Wildman–Crippen MR) is 70.5 cm³/mol. The lowest BCUT2D eigenvalue weighted by Gasteiger charge is -2.35. The third kappa shape index (κ3) is 2.20. The molecule has 1 aliphatic carbocycles. The van der Waals surface area contributed by atoms with E-state index in [1.54, 1.807) is 11.1 Å². The molecule has 0 N–H and O–H groups in total. The van der Waals surface area contributed by atoms with Gasteiger partial charge >= 0.3 is 0 Å². The van der Waals surface area contributed by atoms with Crippen LogP contribution in [0.15, 0.2) is 11.1 Å². The zero-order chi connectivity index (χ0) is 12.1. The van der Waals surface area contributed by atoms with Crippen LogP contribution in [0.25, 0.3) is 0 Å². The van der Waals surface area contributed by atoms with Crippen molar-refractivity contribution in [1.82, 2.24) is 4.90 Å². The molecule has 1 nitrogen and oxygen atoms in total. The molecule has 1 heteroatoms. The summed E-state index contributed by atoms with van der Waals surface area (Å²) < 4.78 is 0. The van der Waals surface area contributed by atoms with Gasteiger partial charge in [-0.1, -0.05) is 31.9 Å². The second-order valence-corrected chi connectivity index (χ2v) is 7.71. The Hall–Kier alpha value is -0.300. The summed E-state index contributed by atoms with van der Waals surface area (Å²) in [6.45, 7) is 16.6. The van der Waals surface area contributed by atoms with Gasteiger partial charge in [-0.15, -0.1) is 0 Å². The molecule has 0 saturated heterocycles. The first-order chi connectivity index (χ1) is 7.18. The maximum Gasteiger partial charge on any atom is 0.0204 e. The topological polar surface area (TPSA) is 3.24 Å². The fraction of sp³-hybridized carbons (Fsp3) is 0.867. The van der Waals surface area contributed by atoms with Crippen LogP contribution in [-0.2, 0) is 0 Å². The van der Waals surface area contributed by atoms with Gasteiger partial charge in [0.15, 0.2) is 0 Å². The Balaban J connectivity index is 1.99.